The van der Waals surface area contributed by atoms with E-state index in [1.54, 1.807) is 4.90 Å². The van der Waals surface area contributed by atoms with Crippen LogP contribution in [0.3, 0.4) is 0 Å². The van der Waals surface area contributed by atoms with Gasteiger partial charge >= 0.3 is 12.1 Å². The van der Waals surface area contributed by atoms with Gasteiger partial charge in [-0.15, -0.1) is 10.2 Å². The fourth-order valence-electron chi connectivity index (χ4n) is 3.70. The average Bonchev–Trinajstić information content (AvgIpc) is 3.38. The van der Waals surface area contributed by atoms with Crippen LogP contribution in [0, 0.1) is 0 Å². The predicted molar refractivity (Wildman–Crippen MR) is 91.7 cm³/mol. The molecule has 0 spiro atoms. The molecule has 2 saturated heterocycles. The Morgan fingerprint density at radius 2 is 1.82 bits per heavy atom. The van der Waals surface area contributed by atoms with E-state index >= 15 is 0 Å². The van der Waals surface area contributed by atoms with Crippen LogP contribution in [-0.2, 0) is 11.0 Å². The first kappa shape index (κ1) is 18.9. The number of benzene rings is 1. The van der Waals surface area contributed by atoms with Crippen LogP contribution in [0.1, 0.15) is 48.6 Å². The molecule has 1 amide bonds. The van der Waals surface area contributed by atoms with Crippen molar-refractivity contribution >= 4 is 5.91 Å². The van der Waals surface area contributed by atoms with Crippen molar-refractivity contribution in [2.75, 3.05) is 13.1 Å². The van der Waals surface area contributed by atoms with E-state index in [0.29, 0.717) is 32.4 Å². The Morgan fingerprint density at radius 1 is 1.11 bits per heavy atom. The van der Waals surface area contributed by atoms with E-state index in [-0.39, 0.29) is 29.8 Å². The molecular formula is C18H20F3N5O2. The van der Waals surface area contributed by atoms with Gasteiger partial charge in [0.1, 0.15) is 6.04 Å². The molecule has 4 rings (SSSR count). The van der Waals surface area contributed by atoms with Crippen LogP contribution in [0.2, 0.25) is 0 Å². The van der Waals surface area contributed by atoms with Gasteiger partial charge in [0.05, 0.1) is 0 Å². The second-order valence-corrected chi connectivity index (χ2v) is 7.08. The molecule has 0 saturated carbocycles. The summed E-state index contributed by atoms with van der Waals surface area (Å²) in [6.45, 7) is 0.892. The Hall–Kier alpha value is -2.46. The van der Waals surface area contributed by atoms with E-state index in [1.807, 2.05) is 30.3 Å². The van der Waals surface area contributed by atoms with Crippen LogP contribution in [-0.4, -0.2) is 40.1 Å². The number of carbonyl (C=O) groups excluding carboxylic acids is 1. The minimum absolute atomic E-state index is 0.00843. The third-order valence-electron chi connectivity index (χ3n) is 5.24. The van der Waals surface area contributed by atoms with E-state index in [0.717, 1.165) is 5.56 Å². The Balaban J connectivity index is 1.31. The molecule has 2 atom stereocenters. The number of amides is 1. The van der Waals surface area contributed by atoms with Gasteiger partial charge in [-0.05, 0) is 24.8 Å². The van der Waals surface area contributed by atoms with Crippen LogP contribution in [0.4, 0.5) is 13.2 Å². The van der Waals surface area contributed by atoms with Gasteiger partial charge < -0.3 is 9.32 Å². The maximum absolute atomic E-state index is 12.8. The summed E-state index contributed by atoms with van der Waals surface area (Å²) in [5.41, 5.74) is 7.33. The summed E-state index contributed by atoms with van der Waals surface area (Å²) in [6.07, 6.45) is -3.01. The number of halogens is 3. The fraction of sp³-hybridized carbons (Fsp3) is 0.500. The first-order valence-electron chi connectivity index (χ1n) is 9.17. The zero-order valence-corrected chi connectivity index (χ0v) is 14.9. The molecule has 0 aliphatic carbocycles. The predicted octanol–water partition coefficient (Wildman–Crippen LogP) is 2.40. The molecule has 28 heavy (non-hydrogen) atoms. The summed E-state index contributed by atoms with van der Waals surface area (Å²) in [5, 5.41) is 6.61. The minimum atomic E-state index is -4.64. The highest BCUT2D eigenvalue weighted by Crippen LogP contribution is 2.33. The number of alkyl halides is 3. The summed E-state index contributed by atoms with van der Waals surface area (Å²) in [6, 6.07) is 9.61. The van der Waals surface area contributed by atoms with E-state index < -0.39 is 12.1 Å². The van der Waals surface area contributed by atoms with Crippen LogP contribution >= 0.6 is 0 Å². The van der Waals surface area contributed by atoms with Crippen molar-refractivity contribution in [1.82, 2.24) is 25.9 Å². The number of hydrazine groups is 1. The fourth-order valence-corrected chi connectivity index (χ4v) is 3.70. The van der Waals surface area contributed by atoms with Crippen molar-refractivity contribution in [2.24, 2.45) is 0 Å². The van der Waals surface area contributed by atoms with E-state index in [9.17, 15) is 18.0 Å². The van der Waals surface area contributed by atoms with Gasteiger partial charge in [0.2, 0.25) is 11.8 Å². The lowest BCUT2D eigenvalue weighted by atomic mass is 9.95. The summed E-state index contributed by atoms with van der Waals surface area (Å²) in [4.78, 5) is 14.5. The lowest BCUT2D eigenvalue weighted by molar-refractivity contribution is -0.157. The molecule has 1 aromatic heterocycles. The zero-order chi connectivity index (χ0) is 19.7. The quantitative estimate of drug-likeness (QED) is 0.831. The van der Waals surface area contributed by atoms with Gasteiger partial charge in [-0.3, -0.25) is 4.79 Å². The Bertz CT molecular complexity index is 818. The van der Waals surface area contributed by atoms with Gasteiger partial charge in [0, 0.05) is 25.0 Å². The van der Waals surface area contributed by atoms with E-state index in [2.05, 4.69) is 21.0 Å². The van der Waals surface area contributed by atoms with Crippen molar-refractivity contribution in [3.05, 3.63) is 47.7 Å². The molecular weight excluding hydrogens is 375 g/mol. The van der Waals surface area contributed by atoms with Crippen LogP contribution in [0.5, 0.6) is 0 Å². The first-order chi connectivity index (χ1) is 13.4. The first-order valence-corrected chi connectivity index (χ1v) is 9.17. The maximum Gasteiger partial charge on any atom is 0.470 e. The topological polar surface area (TPSA) is 83.3 Å². The molecule has 2 N–H and O–H groups in total. The molecule has 3 heterocycles. The SMILES string of the molecule is O=C(C1CC(c2ccccc2)NN1)N1CCC(c2nnc(C(F)(F)F)o2)CC1. The molecule has 2 unspecified atom stereocenters. The molecule has 150 valence electrons. The largest absolute Gasteiger partial charge is 0.470 e. The van der Waals surface area contributed by atoms with Gasteiger partial charge in [-0.1, -0.05) is 30.3 Å². The van der Waals surface area contributed by atoms with Crippen molar-refractivity contribution in [3.63, 3.8) is 0 Å². The molecule has 0 radical (unpaired) electrons. The second kappa shape index (κ2) is 7.51. The van der Waals surface area contributed by atoms with Gasteiger partial charge in [0.25, 0.3) is 0 Å². The van der Waals surface area contributed by atoms with E-state index in [1.165, 1.54) is 0 Å². The highest BCUT2D eigenvalue weighted by atomic mass is 19.4. The molecule has 7 nitrogen and oxygen atoms in total. The standard InChI is InChI=1S/C18H20F3N5O2/c19-18(20,21)17-25-24-15(28-17)12-6-8-26(9-7-12)16(27)14-10-13(22-23-14)11-4-2-1-3-5-11/h1-5,12-14,22-23H,6-10H2. The highest BCUT2D eigenvalue weighted by Gasteiger charge is 2.40. The van der Waals surface area contributed by atoms with Crippen molar-refractivity contribution in [1.29, 1.82) is 0 Å². The second-order valence-electron chi connectivity index (χ2n) is 7.08. The Kier molecular flexibility index (Phi) is 5.07. The number of carbonyl (C=O) groups is 1. The molecule has 0 bridgehead atoms. The third kappa shape index (κ3) is 3.88. The average molecular weight is 395 g/mol. The normalized spacial score (nSPS) is 23.9. The van der Waals surface area contributed by atoms with E-state index in [4.69, 9.17) is 4.42 Å². The smallest absolute Gasteiger partial charge is 0.417 e. The van der Waals surface area contributed by atoms with Crippen LogP contribution in [0.15, 0.2) is 34.7 Å². The molecule has 10 heteroatoms. The summed E-state index contributed by atoms with van der Waals surface area (Å²) >= 11 is 0. The number of likely N-dealkylation sites (tertiary alicyclic amines) is 1. The lowest BCUT2D eigenvalue weighted by Gasteiger charge is -2.32. The summed E-state index contributed by atoms with van der Waals surface area (Å²) in [5.74, 6) is -1.61. The molecule has 2 fully saturated rings. The number of nitrogens with one attached hydrogen (secondary N) is 2. The lowest BCUT2D eigenvalue weighted by Crippen LogP contribution is -2.48. The minimum Gasteiger partial charge on any atom is -0.417 e. The number of nitrogens with zero attached hydrogens (tertiary/aromatic N) is 3. The monoisotopic (exact) mass is 395 g/mol. The van der Waals surface area contributed by atoms with Gasteiger partial charge in [-0.25, -0.2) is 10.9 Å². The number of hydrogen-bond donors (Lipinski definition) is 2. The number of aromatic nitrogens is 2. The van der Waals surface area contributed by atoms with Crippen molar-refractivity contribution < 1.29 is 22.4 Å². The highest BCUT2D eigenvalue weighted by molar-refractivity contribution is 5.82. The Morgan fingerprint density at radius 3 is 2.46 bits per heavy atom. The summed E-state index contributed by atoms with van der Waals surface area (Å²) in [7, 11) is 0. The van der Waals surface area contributed by atoms with Crippen molar-refractivity contribution in [3.8, 4) is 0 Å². The number of rotatable bonds is 3. The molecule has 2 aromatic rings. The molecule has 1 aromatic carbocycles. The van der Waals surface area contributed by atoms with Crippen LogP contribution in [0.25, 0.3) is 0 Å². The van der Waals surface area contributed by atoms with Crippen molar-refractivity contribution in [2.45, 2.75) is 43.4 Å². The number of hydrogen-bond acceptors (Lipinski definition) is 6. The van der Waals surface area contributed by atoms with Gasteiger partial charge in [-0.2, -0.15) is 13.2 Å². The maximum atomic E-state index is 12.8. The molecule has 2 aliphatic rings. The molecule has 2 aliphatic heterocycles. The third-order valence-corrected chi connectivity index (χ3v) is 5.24. The Labute approximate surface area is 159 Å². The zero-order valence-electron chi connectivity index (χ0n) is 14.9. The van der Waals surface area contributed by atoms with Crippen LogP contribution < -0.4 is 10.9 Å². The number of piperidine rings is 1. The summed E-state index contributed by atoms with van der Waals surface area (Å²) < 4.78 is 42.6. The van der Waals surface area contributed by atoms with Gasteiger partial charge in [0.15, 0.2) is 0 Å².